The Hall–Kier alpha value is -3.75. The molecule has 0 aliphatic carbocycles. The Bertz CT molecular complexity index is 1180. The van der Waals surface area contributed by atoms with Crippen LogP contribution in [0.15, 0.2) is 48.5 Å². The molecule has 0 saturated heterocycles. The monoisotopic (exact) mass is 555 g/mol. The predicted molar refractivity (Wildman–Crippen MR) is 155 cm³/mol. The quantitative estimate of drug-likeness (QED) is 0.336. The number of alkyl carbamates (subject to hydrolysis) is 1. The standard InChI is InChI=1S/C31H45N3O6/c1-10-31(8,9)34(25(26(37)33-29(2,3)4)22-13-11-12-14-24(22)36)27(38)23(32-28(39)40-30(5,6)7)19-20-15-17-21(35)18-16-20/h11-18,23,25,35-36H,10,19H2,1-9H3,(H,32,39)(H,33,37). The number of amides is 3. The number of nitrogens with one attached hydrogen (secondary N) is 2. The lowest BCUT2D eigenvalue weighted by molar-refractivity contribution is -0.150. The van der Waals surface area contributed by atoms with Crippen molar-refractivity contribution in [1.82, 2.24) is 15.5 Å². The minimum atomic E-state index is -1.20. The molecule has 9 heteroatoms. The van der Waals surface area contributed by atoms with Gasteiger partial charge in [0, 0.05) is 23.1 Å². The lowest BCUT2D eigenvalue weighted by Gasteiger charge is -2.45. The number of hydrogen-bond acceptors (Lipinski definition) is 6. The van der Waals surface area contributed by atoms with E-state index >= 15 is 0 Å². The van der Waals surface area contributed by atoms with E-state index in [0.29, 0.717) is 12.0 Å². The molecule has 220 valence electrons. The fraction of sp³-hybridized carbons (Fsp3) is 0.516. The van der Waals surface area contributed by atoms with Crippen LogP contribution in [0.25, 0.3) is 0 Å². The molecular weight excluding hydrogens is 510 g/mol. The van der Waals surface area contributed by atoms with Crippen LogP contribution in [0.1, 0.15) is 85.9 Å². The number of rotatable bonds is 9. The van der Waals surface area contributed by atoms with Gasteiger partial charge in [0.15, 0.2) is 0 Å². The van der Waals surface area contributed by atoms with E-state index in [0.717, 1.165) is 0 Å². The number of carbonyl (C=O) groups excluding carboxylic acids is 3. The van der Waals surface area contributed by atoms with Crippen molar-refractivity contribution in [3.05, 3.63) is 59.7 Å². The first-order chi connectivity index (χ1) is 18.3. The van der Waals surface area contributed by atoms with Gasteiger partial charge in [-0.05, 0) is 85.6 Å². The number of aromatic hydroxyl groups is 2. The Morgan fingerprint density at radius 2 is 1.48 bits per heavy atom. The van der Waals surface area contributed by atoms with Gasteiger partial charge in [-0.3, -0.25) is 9.59 Å². The second-order valence-electron chi connectivity index (χ2n) is 12.6. The van der Waals surface area contributed by atoms with Crippen LogP contribution in [0.5, 0.6) is 11.5 Å². The fourth-order valence-electron chi connectivity index (χ4n) is 4.19. The van der Waals surface area contributed by atoms with Crippen LogP contribution in [0.2, 0.25) is 0 Å². The number of phenolic OH excluding ortho intramolecular Hbond substituents is 2. The molecule has 2 rings (SSSR count). The van der Waals surface area contributed by atoms with E-state index in [1.54, 1.807) is 51.1 Å². The molecule has 0 fully saturated rings. The Labute approximate surface area is 237 Å². The van der Waals surface area contributed by atoms with Crippen LogP contribution in [-0.4, -0.2) is 55.7 Å². The molecular formula is C31H45N3O6. The molecule has 2 atom stereocenters. The van der Waals surface area contributed by atoms with Crippen LogP contribution >= 0.6 is 0 Å². The summed E-state index contributed by atoms with van der Waals surface area (Å²) in [5.41, 5.74) is -1.35. The second kappa shape index (κ2) is 12.6. The number of hydrogen-bond donors (Lipinski definition) is 4. The Kier molecular flexibility index (Phi) is 10.2. The minimum Gasteiger partial charge on any atom is -0.508 e. The molecule has 0 bridgehead atoms. The van der Waals surface area contributed by atoms with Crippen molar-refractivity contribution in [2.45, 2.75) is 104 Å². The van der Waals surface area contributed by atoms with Gasteiger partial charge in [0.05, 0.1) is 0 Å². The molecule has 3 amide bonds. The van der Waals surface area contributed by atoms with Crippen LogP contribution in [0, 0.1) is 0 Å². The summed E-state index contributed by atoms with van der Waals surface area (Å²) >= 11 is 0. The van der Waals surface area contributed by atoms with Gasteiger partial charge in [-0.2, -0.15) is 0 Å². The van der Waals surface area contributed by atoms with E-state index in [9.17, 15) is 24.6 Å². The van der Waals surface area contributed by atoms with Crippen molar-refractivity contribution in [2.75, 3.05) is 0 Å². The molecule has 2 aromatic carbocycles. The van der Waals surface area contributed by atoms with Crippen LogP contribution in [0.3, 0.4) is 0 Å². The first kappa shape index (κ1) is 32.5. The van der Waals surface area contributed by atoms with Gasteiger partial charge in [0.2, 0.25) is 11.8 Å². The molecule has 2 unspecified atom stereocenters. The molecule has 0 aliphatic rings. The van der Waals surface area contributed by atoms with Crippen molar-refractivity contribution in [3.8, 4) is 11.5 Å². The van der Waals surface area contributed by atoms with E-state index < -0.39 is 46.7 Å². The van der Waals surface area contributed by atoms with Crippen molar-refractivity contribution in [3.63, 3.8) is 0 Å². The maximum atomic E-state index is 14.6. The molecule has 2 aromatic rings. The summed E-state index contributed by atoms with van der Waals surface area (Å²) in [6.45, 7) is 16.3. The highest BCUT2D eigenvalue weighted by molar-refractivity contribution is 5.93. The van der Waals surface area contributed by atoms with Gasteiger partial charge in [-0.1, -0.05) is 37.3 Å². The van der Waals surface area contributed by atoms with Gasteiger partial charge in [0.25, 0.3) is 0 Å². The van der Waals surface area contributed by atoms with E-state index in [2.05, 4.69) is 10.6 Å². The number of para-hydroxylation sites is 1. The van der Waals surface area contributed by atoms with E-state index in [1.165, 1.54) is 23.1 Å². The summed E-state index contributed by atoms with van der Waals surface area (Å²) < 4.78 is 5.46. The van der Waals surface area contributed by atoms with Crippen LogP contribution in [0.4, 0.5) is 4.79 Å². The lowest BCUT2D eigenvalue weighted by Crippen LogP contribution is -2.60. The number of phenols is 2. The molecule has 0 radical (unpaired) electrons. The average molecular weight is 556 g/mol. The molecule has 4 N–H and O–H groups in total. The van der Waals surface area contributed by atoms with Crippen molar-refractivity contribution in [2.24, 2.45) is 0 Å². The lowest BCUT2D eigenvalue weighted by atomic mass is 9.90. The number of nitrogens with zero attached hydrogens (tertiary/aromatic N) is 1. The van der Waals surface area contributed by atoms with Gasteiger partial charge in [-0.25, -0.2) is 4.79 Å². The Morgan fingerprint density at radius 1 is 0.900 bits per heavy atom. The molecule has 0 spiro atoms. The Morgan fingerprint density at radius 3 is 1.98 bits per heavy atom. The van der Waals surface area contributed by atoms with E-state index in [4.69, 9.17) is 4.74 Å². The zero-order valence-electron chi connectivity index (χ0n) is 25.2. The van der Waals surface area contributed by atoms with Gasteiger partial charge < -0.3 is 30.5 Å². The zero-order chi connectivity index (χ0) is 30.5. The summed E-state index contributed by atoms with van der Waals surface area (Å²) in [5, 5.41) is 26.3. The largest absolute Gasteiger partial charge is 0.508 e. The van der Waals surface area contributed by atoms with Gasteiger partial charge in [0.1, 0.15) is 29.2 Å². The normalized spacial score (nSPS) is 13.6. The Balaban J connectivity index is 2.70. The number of benzene rings is 2. The molecule has 9 nitrogen and oxygen atoms in total. The molecule has 0 heterocycles. The summed E-state index contributed by atoms with van der Waals surface area (Å²) in [6, 6.07) is 10.4. The maximum Gasteiger partial charge on any atom is 0.408 e. The SMILES string of the molecule is CCC(C)(C)N(C(=O)C(Cc1ccc(O)cc1)NC(=O)OC(C)(C)C)C(C(=O)NC(C)(C)C)c1ccccc1O. The smallest absolute Gasteiger partial charge is 0.408 e. The molecule has 40 heavy (non-hydrogen) atoms. The summed E-state index contributed by atoms with van der Waals surface area (Å²) in [4.78, 5) is 42.8. The average Bonchev–Trinajstić information content (AvgIpc) is 2.81. The highest BCUT2D eigenvalue weighted by atomic mass is 16.6. The van der Waals surface area contributed by atoms with Crippen molar-refractivity contribution in [1.29, 1.82) is 0 Å². The van der Waals surface area contributed by atoms with Gasteiger partial charge in [-0.15, -0.1) is 0 Å². The third-order valence-electron chi connectivity index (χ3n) is 6.36. The number of ether oxygens (including phenoxy) is 1. The summed E-state index contributed by atoms with van der Waals surface area (Å²) in [6.07, 6.45) is -0.232. The minimum absolute atomic E-state index is 0.0685. The van der Waals surface area contributed by atoms with E-state index in [-0.39, 0.29) is 23.5 Å². The predicted octanol–water partition coefficient (Wildman–Crippen LogP) is 5.21. The highest BCUT2D eigenvalue weighted by Gasteiger charge is 2.44. The maximum absolute atomic E-state index is 14.6. The molecule has 0 aromatic heterocycles. The zero-order valence-corrected chi connectivity index (χ0v) is 25.2. The van der Waals surface area contributed by atoms with Crippen molar-refractivity contribution < 1.29 is 29.3 Å². The molecule has 0 saturated carbocycles. The topological polar surface area (TPSA) is 128 Å². The summed E-state index contributed by atoms with van der Waals surface area (Å²) in [5.74, 6) is -1.05. The molecule has 0 aliphatic heterocycles. The summed E-state index contributed by atoms with van der Waals surface area (Å²) in [7, 11) is 0. The van der Waals surface area contributed by atoms with Crippen LogP contribution in [-0.2, 0) is 20.7 Å². The number of carbonyl (C=O) groups is 3. The first-order valence-electron chi connectivity index (χ1n) is 13.5. The van der Waals surface area contributed by atoms with Gasteiger partial charge >= 0.3 is 6.09 Å². The van der Waals surface area contributed by atoms with Crippen molar-refractivity contribution >= 4 is 17.9 Å². The third-order valence-corrected chi connectivity index (χ3v) is 6.36. The fourth-order valence-corrected chi connectivity index (χ4v) is 4.19. The third kappa shape index (κ3) is 9.17. The highest BCUT2D eigenvalue weighted by Crippen LogP contribution is 2.36. The van der Waals surface area contributed by atoms with Crippen LogP contribution < -0.4 is 10.6 Å². The second-order valence-corrected chi connectivity index (χ2v) is 12.6. The van der Waals surface area contributed by atoms with E-state index in [1.807, 2.05) is 41.5 Å². The first-order valence-corrected chi connectivity index (χ1v) is 13.5.